The number of carbonyl (C=O) groups is 1. The molecule has 0 aliphatic heterocycles. The van der Waals surface area contributed by atoms with E-state index in [9.17, 15) is 4.79 Å². The summed E-state index contributed by atoms with van der Waals surface area (Å²) < 4.78 is 5.38. The minimum absolute atomic E-state index is 0.0499. The highest BCUT2D eigenvalue weighted by Gasteiger charge is 2.16. The Morgan fingerprint density at radius 1 is 1.17 bits per heavy atom. The van der Waals surface area contributed by atoms with Gasteiger partial charge in [0.2, 0.25) is 5.76 Å². The Hall–Kier alpha value is -2.64. The molecule has 3 aromatic heterocycles. The molecule has 29 heavy (non-hydrogen) atoms. The van der Waals surface area contributed by atoms with Crippen molar-refractivity contribution in [2.45, 2.75) is 37.5 Å². The molecule has 0 fully saturated rings. The molecule has 1 N–H and O–H groups in total. The average molecular weight is 425 g/mol. The van der Waals surface area contributed by atoms with E-state index in [2.05, 4.69) is 53.5 Å². The van der Waals surface area contributed by atoms with E-state index in [-0.39, 0.29) is 5.76 Å². The Bertz CT molecular complexity index is 1180. The van der Waals surface area contributed by atoms with Crippen LogP contribution in [0.15, 0.2) is 51.2 Å². The molecule has 0 aliphatic carbocycles. The second-order valence-electron chi connectivity index (χ2n) is 7.04. The van der Waals surface area contributed by atoms with Gasteiger partial charge in [0.15, 0.2) is 0 Å². The second kappa shape index (κ2) is 8.00. The summed E-state index contributed by atoms with van der Waals surface area (Å²) in [7, 11) is 0. The fraction of sp³-hybridized carbons (Fsp3) is 0.227. The lowest BCUT2D eigenvalue weighted by atomic mass is 9.99. The first-order valence-corrected chi connectivity index (χ1v) is 11.1. The average Bonchev–Trinajstić information content (AvgIpc) is 3.33. The fourth-order valence-electron chi connectivity index (χ4n) is 3.09. The molecule has 4 rings (SSSR count). The summed E-state index contributed by atoms with van der Waals surface area (Å²) in [5, 5.41) is 13.1. The van der Waals surface area contributed by atoms with Crippen molar-refractivity contribution >= 4 is 39.3 Å². The molecule has 0 spiro atoms. The molecule has 0 atom stereocenters. The molecule has 0 aliphatic rings. The van der Waals surface area contributed by atoms with Crippen LogP contribution in [0.25, 0.3) is 21.3 Å². The van der Waals surface area contributed by atoms with Crippen LogP contribution in [0.1, 0.15) is 47.5 Å². The van der Waals surface area contributed by atoms with Crippen LogP contribution >= 0.6 is 23.1 Å². The molecule has 0 saturated carbocycles. The van der Waals surface area contributed by atoms with E-state index in [4.69, 9.17) is 9.52 Å². The van der Waals surface area contributed by atoms with Crippen LogP contribution in [-0.2, 0) is 5.75 Å². The van der Waals surface area contributed by atoms with Gasteiger partial charge in [-0.05, 0) is 36.1 Å². The largest absolute Gasteiger partial charge is 0.475 e. The molecule has 0 bridgehead atoms. The third kappa shape index (κ3) is 4.06. The van der Waals surface area contributed by atoms with Crippen LogP contribution in [0.5, 0.6) is 0 Å². The van der Waals surface area contributed by atoms with E-state index in [0.717, 1.165) is 26.4 Å². The van der Waals surface area contributed by atoms with E-state index in [1.165, 1.54) is 23.4 Å². The van der Waals surface area contributed by atoms with Crippen molar-refractivity contribution in [2.24, 2.45) is 0 Å². The number of thioether (sulfide) groups is 1. The summed E-state index contributed by atoms with van der Waals surface area (Å²) in [5.41, 5.74) is 3.57. The topological polar surface area (TPSA) is 76.2 Å². The summed E-state index contributed by atoms with van der Waals surface area (Å²) in [6.07, 6.45) is 0. The summed E-state index contributed by atoms with van der Waals surface area (Å²) in [6.45, 7) is 6.26. The first kappa shape index (κ1) is 19.7. The fourth-order valence-corrected chi connectivity index (χ4v) is 5.12. The van der Waals surface area contributed by atoms with E-state index in [1.54, 1.807) is 17.4 Å². The van der Waals surface area contributed by atoms with Crippen molar-refractivity contribution in [3.63, 3.8) is 0 Å². The minimum Gasteiger partial charge on any atom is -0.475 e. The number of hydrogen-bond donors (Lipinski definition) is 1. The quantitative estimate of drug-likeness (QED) is 0.286. The zero-order valence-electron chi connectivity index (χ0n) is 16.3. The van der Waals surface area contributed by atoms with Crippen LogP contribution in [0.4, 0.5) is 0 Å². The molecule has 0 unspecified atom stereocenters. The number of carboxylic acid groups (broad SMARTS) is 1. The molecule has 0 saturated heterocycles. The predicted molar refractivity (Wildman–Crippen MR) is 117 cm³/mol. The van der Waals surface area contributed by atoms with Crippen molar-refractivity contribution in [2.75, 3.05) is 0 Å². The van der Waals surface area contributed by atoms with Gasteiger partial charge in [-0.3, -0.25) is 0 Å². The van der Waals surface area contributed by atoms with Gasteiger partial charge in [0, 0.05) is 10.9 Å². The molecule has 4 aromatic rings. The predicted octanol–water partition coefficient (Wildman–Crippen LogP) is 6.37. The third-order valence-electron chi connectivity index (χ3n) is 4.62. The van der Waals surface area contributed by atoms with Gasteiger partial charge in [-0.15, -0.1) is 11.3 Å². The maximum absolute atomic E-state index is 11.0. The number of nitrogens with zero attached hydrogens (tertiary/aromatic N) is 2. The van der Waals surface area contributed by atoms with Gasteiger partial charge >= 0.3 is 5.97 Å². The second-order valence-corrected chi connectivity index (χ2v) is 8.86. The highest BCUT2D eigenvalue weighted by Crippen LogP contribution is 2.39. The molecule has 148 valence electrons. The first-order chi connectivity index (χ1) is 13.9. The lowest BCUT2D eigenvalue weighted by Crippen LogP contribution is -1.93. The number of furan rings is 1. The number of fused-ring (bicyclic) bond motifs is 1. The van der Waals surface area contributed by atoms with E-state index < -0.39 is 5.97 Å². The number of carboxylic acids is 1. The smallest absolute Gasteiger partial charge is 0.371 e. The number of aromatic carboxylic acids is 1. The van der Waals surface area contributed by atoms with Crippen molar-refractivity contribution in [1.82, 2.24) is 9.97 Å². The van der Waals surface area contributed by atoms with Crippen LogP contribution in [0.2, 0.25) is 0 Å². The van der Waals surface area contributed by atoms with Gasteiger partial charge in [-0.1, -0.05) is 49.9 Å². The number of thiophene rings is 1. The highest BCUT2D eigenvalue weighted by molar-refractivity contribution is 7.98. The molecule has 0 radical (unpaired) electrons. The Morgan fingerprint density at radius 3 is 2.59 bits per heavy atom. The number of benzene rings is 1. The Morgan fingerprint density at radius 2 is 1.93 bits per heavy atom. The van der Waals surface area contributed by atoms with Gasteiger partial charge in [-0.2, -0.15) is 0 Å². The minimum atomic E-state index is -1.06. The summed E-state index contributed by atoms with van der Waals surface area (Å²) >= 11 is 3.14. The van der Waals surface area contributed by atoms with Crippen molar-refractivity contribution < 1.29 is 14.3 Å². The van der Waals surface area contributed by atoms with Gasteiger partial charge in [0.25, 0.3) is 0 Å². The highest BCUT2D eigenvalue weighted by atomic mass is 32.2. The molecule has 5 nitrogen and oxygen atoms in total. The van der Waals surface area contributed by atoms with E-state index in [0.29, 0.717) is 23.3 Å². The Labute approximate surface area is 176 Å². The van der Waals surface area contributed by atoms with Gasteiger partial charge in [-0.25, -0.2) is 14.8 Å². The monoisotopic (exact) mass is 424 g/mol. The molecule has 3 heterocycles. The van der Waals surface area contributed by atoms with Crippen LogP contribution in [0.3, 0.4) is 0 Å². The van der Waals surface area contributed by atoms with Gasteiger partial charge in [0.1, 0.15) is 21.4 Å². The van der Waals surface area contributed by atoms with Crippen molar-refractivity contribution in [1.29, 1.82) is 0 Å². The summed E-state index contributed by atoms with van der Waals surface area (Å²) in [5.74, 6) is 1.20. The maximum Gasteiger partial charge on any atom is 0.371 e. The summed E-state index contributed by atoms with van der Waals surface area (Å²) in [6, 6.07) is 11.8. The third-order valence-corrected chi connectivity index (χ3v) is 6.49. The molecule has 1 aromatic carbocycles. The zero-order valence-corrected chi connectivity index (χ0v) is 17.9. The van der Waals surface area contributed by atoms with Crippen molar-refractivity contribution in [3.8, 4) is 11.1 Å². The number of aromatic nitrogens is 2. The molecular formula is C22H20N2O3S2. The Balaban J connectivity index is 1.69. The Kier molecular flexibility index (Phi) is 5.43. The SMILES string of the molecule is Cc1nc(SCc2ccc(C(=O)O)o2)c2c(-c3ccc(C(C)C)cc3)csc2n1. The normalized spacial score (nSPS) is 11.4. The first-order valence-electron chi connectivity index (χ1n) is 9.23. The molecule has 0 amide bonds. The molecular weight excluding hydrogens is 404 g/mol. The van der Waals surface area contributed by atoms with E-state index in [1.807, 2.05) is 6.92 Å². The number of aryl methyl sites for hydroxylation is 1. The van der Waals surface area contributed by atoms with Gasteiger partial charge < -0.3 is 9.52 Å². The molecule has 7 heteroatoms. The maximum atomic E-state index is 11.0. The van der Waals surface area contributed by atoms with E-state index >= 15 is 0 Å². The zero-order chi connectivity index (χ0) is 20.5. The number of rotatable bonds is 6. The van der Waals surface area contributed by atoms with Crippen LogP contribution in [-0.4, -0.2) is 21.0 Å². The summed E-state index contributed by atoms with van der Waals surface area (Å²) in [4.78, 5) is 21.2. The standard InChI is InChI=1S/C22H20N2O3S2/c1-12(2)14-4-6-15(7-5-14)17-11-29-21-19(17)20(23-13(3)24-21)28-10-16-8-9-18(27-16)22(25)26/h4-9,11-12H,10H2,1-3H3,(H,25,26). The van der Waals surface area contributed by atoms with Crippen LogP contribution < -0.4 is 0 Å². The van der Waals surface area contributed by atoms with Crippen molar-refractivity contribution in [3.05, 3.63) is 64.7 Å². The van der Waals surface area contributed by atoms with Crippen LogP contribution in [0, 0.1) is 6.92 Å². The lowest BCUT2D eigenvalue weighted by molar-refractivity contribution is 0.0661. The lowest BCUT2D eigenvalue weighted by Gasteiger charge is -2.08. The van der Waals surface area contributed by atoms with Gasteiger partial charge in [0.05, 0.1) is 11.1 Å². The number of hydrogen-bond acceptors (Lipinski definition) is 6.